The summed E-state index contributed by atoms with van der Waals surface area (Å²) in [5.41, 5.74) is 3.32. The summed E-state index contributed by atoms with van der Waals surface area (Å²) in [6.07, 6.45) is 1.69. The van der Waals surface area contributed by atoms with Gasteiger partial charge < -0.3 is 14.4 Å². The minimum absolute atomic E-state index is 0.186. The summed E-state index contributed by atoms with van der Waals surface area (Å²) in [4.78, 5) is 14.4. The first-order valence-electron chi connectivity index (χ1n) is 8.47. The van der Waals surface area contributed by atoms with Crippen molar-refractivity contribution in [3.8, 4) is 11.5 Å². The van der Waals surface area contributed by atoms with Gasteiger partial charge in [0.15, 0.2) is 5.71 Å². The van der Waals surface area contributed by atoms with Crippen LogP contribution < -0.4 is 14.4 Å². The Balaban J connectivity index is 2.00. The predicted molar refractivity (Wildman–Crippen MR) is 107 cm³/mol. The van der Waals surface area contributed by atoms with E-state index >= 15 is 0 Å². The van der Waals surface area contributed by atoms with Crippen molar-refractivity contribution >= 4 is 23.0 Å². The fourth-order valence-electron chi connectivity index (χ4n) is 2.94. The molecule has 1 aliphatic heterocycles. The Hall–Kier alpha value is -3.41. The van der Waals surface area contributed by atoms with Gasteiger partial charge in [0.1, 0.15) is 11.5 Å². The molecule has 6 nitrogen and oxygen atoms in total. The first-order valence-corrected chi connectivity index (χ1v) is 8.47. The molecule has 1 heterocycles. The van der Waals surface area contributed by atoms with E-state index in [0.717, 1.165) is 16.8 Å². The molecule has 6 heteroatoms. The van der Waals surface area contributed by atoms with Crippen molar-refractivity contribution in [2.24, 2.45) is 10.2 Å². The van der Waals surface area contributed by atoms with Crippen molar-refractivity contribution in [2.45, 2.75) is 6.92 Å². The average molecular weight is 363 g/mol. The van der Waals surface area contributed by atoms with Gasteiger partial charge in [-0.1, -0.05) is 24.3 Å². The molecule has 0 fully saturated rings. The number of rotatable bonds is 6. The van der Waals surface area contributed by atoms with Crippen molar-refractivity contribution in [3.63, 3.8) is 0 Å². The van der Waals surface area contributed by atoms with E-state index in [-0.39, 0.29) is 5.91 Å². The van der Waals surface area contributed by atoms with Crippen molar-refractivity contribution in [2.75, 3.05) is 25.7 Å². The lowest BCUT2D eigenvalue weighted by molar-refractivity contribution is -0.112. The molecular weight excluding hydrogens is 342 g/mol. The first-order chi connectivity index (χ1) is 13.1. The molecule has 3 rings (SSSR count). The molecule has 1 aliphatic rings. The number of para-hydroxylation sites is 1. The molecule has 27 heavy (non-hydrogen) atoms. The summed E-state index contributed by atoms with van der Waals surface area (Å²) in [5, 5.41) is 8.56. The lowest BCUT2D eigenvalue weighted by atomic mass is 10.1. The SMILES string of the molecule is C=CCN1C(=O)/C(=N\N=C(\C)c2ccc(OC)cc2OC)c2ccccc21. The lowest BCUT2D eigenvalue weighted by Gasteiger charge is -2.13. The topological polar surface area (TPSA) is 63.5 Å². The summed E-state index contributed by atoms with van der Waals surface area (Å²) in [7, 11) is 3.18. The zero-order valence-corrected chi connectivity index (χ0v) is 15.6. The van der Waals surface area contributed by atoms with Crippen LogP contribution in [0.4, 0.5) is 5.69 Å². The van der Waals surface area contributed by atoms with Crippen LogP contribution in [-0.2, 0) is 4.79 Å². The third-order valence-corrected chi connectivity index (χ3v) is 4.31. The Morgan fingerprint density at radius 1 is 1.19 bits per heavy atom. The molecule has 0 unspecified atom stereocenters. The van der Waals surface area contributed by atoms with Gasteiger partial charge in [0.2, 0.25) is 0 Å². The highest BCUT2D eigenvalue weighted by Gasteiger charge is 2.33. The van der Waals surface area contributed by atoms with Gasteiger partial charge in [-0.2, -0.15) is 5.10 Å². The Labute approximate surface area is 158 Å². The quantitative estimate of drug-likeness (QED) is 0.449. The second-order valence-corrected chi connectivity index (χ2v) is 5.92. The largest absolute Gasteiger partial charge is 0.497 e. The number of benzene rings is 2. The first kappa shape index (κ1) is 18.4. The summed E-state index contributed by atoms with van der Waals surface area (Å²) < 4.78 is 10.6. The summed E-state index contributed by atoms with van der Waals surface area (Å²) in [6, 6.07) is 13.0. The standard InChI is InChI=1S/C21H21N3O3/c1-5-12-24-18-9-7-6-8-17(18)20(21(24)25)23-22-14(2)16-11-10-15(26-3)13-19(16)27-4/h5-11,13H,1,12H2,2-4H3/b22-14-,23-20-. The van der Waals surface area contributed by atoms with Crippen LogP contribution in [0.15, 0.2) is 65.3 Å². The van der Waals surface area contributed by atoms with Crippen LogP contribution in [0.25, 0.3) is 0 Å². The van der Waals surface area contributed by atoms with E-state index < -0.39 is 0 Å². The third kappa shape index (κ3) is 3.46. The van der Waals surface area contributed by atoms with Crippen LogP contribution in [0.1, 0.15) is 18.1 Å². The van der Waals surface area contributed by atoms with E-state index in [1.807, 2.05) is 43.3 Å². The molecular formula is C21H21N3O3. The van der Waals surface area contributed by atoms with Gasteiger partial charge >= 0.3 is 0 Å². The molecule has 0 radical (unpaired) electrons. The molecule has 0 atom stereocenters. The summed E-state index contributed by atoms with van der Waals surface area (Å²) >= 11 is 0. The van der Waals surface area contributed by atoms with E-state index in [4.69, 9.17) is 9.47 Å². The second kappa shape index (κ2) is 7.86. The van der Waals surface area contributed by atoms with Crippen molar-refractivity contribution in [3.05, 3.63) is 66.2 Å². The van der Waals surface area contributed by atoms with Crippen LogP contribution in [0.3, 0.4) is 0 Å². The van der Waals surface area contributed by atoms with E-state index in [9.17, 15) is 4.79 Å². The van der Waals surface area contributed by atoms with Crippen LogP contribution in [0, 0.1) is 0 Å². The summed E-state index contributed by atoms with van der Waals surface area (Å²) in [6.45, 7) is 5.96. The molecule has 0 saturated carbocycles. The zero-order chi connectivity index (χ0) is 19.4. The van der Waals surface area contributed by atoms with Gasteiger partial charge in [-0.15, -0.1) is 11.7 Å². The van der Waals surface area contributed by atoms with E-state index in [0.29, 0.717) is 29.5 Å². The third-order valence-electron chi connectivity index (χ3n) is 4.31. The van der Waals surface area contributed by atoms with Gasteiger partial charge in [0, 0.05) is 23.7 Å². The van der Waals surface area contributed by atoms with Gasteiger partial charge in [0.05, 0.1) is 25.6 Å². The van der Waals surface area contributed by atoms with Gasteiger partial charge in [0.25, 0.3) is 5.91 Å². The Bertz CT molecular complexity index is 947. The maximum Gasteiger partial charge on any atom is 0.279 e. The van der Waals surface area contributed by atoms with Crippen molar-refractivity contribution in [1.82, 2.24) is 0 Å². The zero-order valence-electron chi connectivity index (χ0n) is 15.6. The monoisotopic (exact) mass is 363 g/mol. The van der Waals surface area contributed by atoms with E-state index in [1.54, 1.807) is 31.3 Å². The lowest BCUT2D eigenvalue weighted by Crippen LogP contribution is -2.30. The fraction of sp³-hybridized carbons (Fsp3) is 0.190. The number of nitrogens with zero attached hydrogens (tertiary/aromatic N) is 3. The van der Waals surface area contributed by atoms with Crippen LogP contribution in [-0.4, -0.2) is 38.1 Å². The number of fused-ring (bicyclic) bond motifs is 1. The molecule has 0 N–H and O–H groups in total. The number of ether oxygens (including phenoxy) is 2. The number of methoxy groups -OCH3 is 2. The van der Waals surface area contributed by atoms with Crippen molar-refractivity contribution < 1.29 is 14.3 Å². The molecule has 2 aromatic carbocycles. The molecule has 0 aromatic heterocycles. The molecule has 2 aromatic rings. The Morgan fingerprint density at radius 3 is 2.67 bits per heavy atom. The molecule has 138 valence electrons. The van der Waals surface area contributed by atoms with Crippen LogP contribution >= 0.6 is 0 Å². The molecule has 0 saturated heterocycles. The number of anilines is 1. The summed E-state index contributed by atoms with van der Waals surface area (Å²) in [5.74, 6) is 1.13. The van der Waals surface area contributed by atoms with Crippen LogP contribution in [0.2, 0.25) is 0 Å². The van der Waals surface area contributed by atoms with Crippen LogP contribution in [0.5, 0.6) is 11.5 Å². The molecule has 0 aliphatic carbocycles. The number of amides is 1. The average Bonchev–Trinajstić information content (AvgIpc) is 2.97. The highest BCUT2D eigenvalue weighted by molar-refractivity contribution is 6.54. The van der Waals surface area contributed by atoms with Crippen molar-refractivity contribution in [1.29, 1.82) is 0 Å². The van der Waals surface area contributed by atoms with E-state index in [2.05, 4.69) is 16.8 Å². The smallest absolute Gasteiger partial charge is 0.279 e. The second-order valence-electron chi connectivity index (χ2n) is 5.92. The fourth-order valence-corrected chi connectivity index (χ4v) is 2.94. The number of carbonyl (C=O) groups excluding carboxylic acids is 1. The van der Waals surface area contributed by atoms with Gasteiger partial charge in [-0.3, -0.25) is 4.79 Å². The van der Waals surface area contributed by atoms with E-state index in [1.165, 1.54) is 0 Å². The number of carbonyl (C=O) groups is 1. The molecule has 0 bridgehead atoms. The molecule has 0 spiro atoms. The van der Waals surface area contributed by atoms with Gasteiger partial charge in [-0.05, 0) is 25.1 Å². The predicted octanol–water partition coefficient (Wildman–Crippen LogP) is 3.45. The highest BCUT2D eigenvalue weighted by Crippen LogP contribution is 2.29. The maximum absolute atomic E-state index is 12.7. The number of hydrogen-bond acceptors (Lipinski definition) is 5. The Morgan fingerprint density at radius 2 is 1.96 bits per heavy atom. The Kier molecular flexibility index (Phi) is 5.35. The number of hydrogen-bond donors (Lipinski definition) is 0. The molecule has 1 amide bonds. The minimum atomic E-state index is -0.186. The minimum Gasteiger partial charge on any atom is -0.497 e. The van der Waals surface area contributed by atoms with Gasteiger partial charge in [-0.25, -0.2) is 0 Å². The highest BCUT2D eigenvalue weighted by atomic mass is 16.5. The maximum atomic E-state index is 12.7. The normalized spacial score (nSPS) is 15.1.